The molecule has 8 nitrogen and oxygen atoms in total. The van der Waals surface area contributed by atoms with Crippen molar-refractivity contribution in [1.82, 2.24) is 10.2 Å². The van der Waals surface area contributed by atoms with E-state index in [0.29, 0.717) is 23.4 Å². The molecular weight excluding hydrogens is 618 g/mol. The van der Waals surface area contributed by atoms with Gasteiger partial charge in [-0.25, -0.2) is 18.0 Å². The number of likely N-dealkylation sites (tertiary alicyclic amines) is 1. The van der Waals surface area contributed by atoms with Gasteiger partial charge in [0.15, 0.2) is 0 Å². The van der Waals surface area contributed by atoms with Crippen molar-refractivity contribution in [2.75, 3.05) is 31.6 Å². The van der Waals surface area contributed by atoms with Gasteiger partial charge in [0, 0.05) is 38.0 Å². The zero-order chi connectivity index (χ0) is 33.7. The number of nitrogens with one attached hydrogen (secondary N) is 1. The highest BCUT2D eigenvalue weighted by Gasteiger charge is 2.54. The number of sulfone groups is 1. The SMILES string of the molecule is CC/C(=C\c1ccccc1)[C@H]1C[C@@H]1NC1CC2(C1)CN(CC(C)(C)CS(C)(=O)=O)C2.O=C(O)C(F)(F)F.O=C(O)C(F)(F)F. The summed E-state index contributed by atoms with van der Waals surface area (Å²) < 4.78 is 86.8. The van der Waals surface area contributed by atoms with E-state index in [4.69, 9.17) is 19.8 Å². The number of carboxylic acid groups (broad SMARTS) is 2. The summed E-state index contributed by atoms with van der Waals surface area (Å²) in [6.07, 6.45) is -1.46. The maximum atomic E-state index is 11.6. The quantitative estimate of drug-likeness (QED) is 0.307. The fourth-order valence-electron chi connectivity index (χ4n) is 6.06. The summed E-state index contributed by atoms with van der Waals surface area (Å²) in [7, 11) is -2.92. The second kappa shape index (κ2) is 14.2. The Morgan fingerprint density at radius 1 is 1.00 bits per heavy atom. The van der Waals surface area contributed by atoms with E-state index in [0.717, 1.165) is 26.1 Å². The summed E-state index contributed by atoms with van der Waals surface area (Å²) in [6.45, 7) is 9.59. The molecule has 44 heavy (non-hydrogen) atoms. The van der Waals surface area contributed by atoms with Crippen molar-refractivity contribution in [3.8, 4) is 0 Å². The molecule has 3 fully saturated rings. The minimum atomic E-state index is -5.08. The van der Waals surface area contributed by atoms with E-state index < -0.39 is 34.1 Å². The molecule has 0 bridgehead atoms. The Morgan fingerprint density at radius 3 is 1.89 bits per heavy atom. The van der Waals surface area contributed by atoms with Gasteiger partial charge in [0.25, 0.3) is 0 Å². The highest BCUT2D eigenvalue weighted by molar-refractivity contribution is 7.90. The van der Waals surface area contributed by atoms with Crippen LogP contribution in [0.4, 0.5) is 26.3 Å². The van der Waals surface area contributed by atoms with Crippen LogP contribution in [0.2, 0.25) is 0 Å². The lowest BCUT2D eigenvalue weighted by Gasteiger charge is -2.60. The number of carboxylic acids is 2. The number of nitrogens with zero attached hydrogens (tertiary/aromatic N) is 1. The summed E-state index contributed by atoms with van der Waals surface area (Å²) in [5.41, 5.74) is 3.22. The Labute approximate surface area is 253 Å². The van der Waals surface area contributed by atoms with E-state index in [1.807, 2.05) is 0 Å². The lowest BCUT2D eigenvalue weighted by Crippen LogP contribution is -2.67. The number of hydrogen-bond donors (Lipinski definition) is 3. The lowest BCUT2D eigenvalue weighted by atomic mass is 9.60. The van der Waals surface area contributed by atoms with Gasteiger partial charge in [-0.2, -0.15) is 26.3 Å². The van der Waals surface area contributed by atoms with E-state index in [2.05, 4.69) is 67.4 Å². The monoisotopic (exact) mass is 658 g/mol. The Hall–Kier alpha value is -2.65. The molecular formula is C29H40F6N2O6S. The highest BCUT2D eigenvalue weighted by Crippen LogP contribution is 2.51. The topological polar surface area (TPSA) is 124 Å². The largest absolute Gasteiger partial charge is 0.490 e. The fourth-order valence-corrected chi connectivity index (χ4v) is 7.57. The van der Waals surface area contributed by atoms with Crippen LogP contribution in [-0.2, 0) is 19.4 Å². The van der Waals surface area contributed by atoms with Crippen molar-refractivity contribution >= 4 is 27.9 Å². The first-order chi connectivity index (χ1) is 20.0. The Kier molecular flexibility index (Phi) is 12.1. The number of aliphatic carboxylic acids is 2. The van der Waals surface area contributed by atoms with Crippen LogP contribution >= 0.6 is 0 Å². The molecule has 0 amide bonds. The molecule has 0 radical (unpaired) electrons. The molecule has 1 aromatic carbocycles. The van der Waals surface area contributed by atoms with Gasteiger partial charge in [-0.3, -0.25) is 0 Å². The molecule has 0 unspecified atom stereocenters. The van der Waals surface area contributed by atoms with Gasteiger partial charge in [-0.15, -0.1) is 0 Å². The molecule has 250 valence electrons. The van der Waals surface area contributed by atoms with Crippen LogP contribution in [0.1, 0.15) is 52.0 Å². The smallest absolute Gasteiger partial charge is 0.475 e. The second-order valence-electron chi connectivity index (χ2n) is 12.7. The first kappa shape index (κ1) is 37.5. The molecule has 1 heterocycles. The van der Waals surface area contributed by atoms with Crippen molar-refractivity contribution in [2.45, 2.75) is 70.9 Å². The van der Waals surface area contributed by atoms with Crippen molar-refractivity contribution in [3.05, 3.63) is 41.5 Å². The van der Waals surface area contributed by atoms with Crippen LogP contribution in [0, 0.1) is 16.7 Å². The first-order valence-corrected chi connectivity index (χ1v) is 16.0. The van der Waals surface area contributed by atoms with Gasteiger partial charge < -0.3 is 20.4 Å². The number of halogens is 6. The molecule has 4 rings (SSSR count). The van der Waals surface area contributed by atoms with E-state index in [1.165, 1.54) is 31.1 Å². The predicted molar refractivity (Wildman–Crippen MR) is 153 cm³/mol. The third-order valence-corrected chi connectivity index (χ3v) is 8.85. The molecule has 1 aromatic rings. The first-order valence-electron chi connectivity index (χ1n) is 14.0. The highest BCUT2D eigenvalue weighted by atomic mass is 32.2. The van der Waals surface area contributed by atoms with E-state index in [9.17, 15) is 34.8 Å². The van der Waals surface area contributed by atoms with Gasteiger partial charge in [-0.05, 0) is 48.0 Å². The molecule has 1 spiro atoms. The van der Waals surface area contributed by atoms with Gasteiger partial charge >= 0.3 is 24.3 Å². The maximum Gasteiger partial charge on any atom is 0.490 e. The lowest BCUT2D eigenvalue weighted by molar-refractivity contribution is -0.193. The average molecular weight is 659 g/mol. The predicted octanol–water partition coefficient (Wildman–Crippen LogP) is 5.26. The van der Waals surface area contributed by atoms with Crippen LogP contribution in [0.25, 0.3) is 6.08 Å². The van der Waals surface area contributed by atoms with Crippen molar-refractivity contribution in [1.29, 1.82) is 0 Å². The second-order valence-corrected chi connectivity index (χ2v) is 14.8. The molecule has 2 aliphatic carbocycles. The van der Waals surface area contributed by atoms with Crippen molar-refractivity contribution < 1.29 is 54.6 Å². The standard InChI is InChI=1S/C25H38N2O2S.2C2HF3O2/c1-5-20(11-19-9-7-6-8-10-19)22-12-23(22)26-21-13-25(14-21)16-27(17-25)15-24(2,3)18-30(4,28)29;2*3-2(4,5)1(6)7/h6-11,21-23,26H,5,12-18H2,1-4H3;2*(H,6,7)/b20-11+;;/t22-,23+;;/m1../s1. The van der Waals surface area contributed by atoms with Crippen LogP contribution < -0.4 is 5.32 Å². The summed E-state index contributed by atoms with van der Waals surface area (Å²) >= 11 is 0. The minimum absolute atomic E-state index is 0.167. The zero-order valence-electron chi connectivity index (χ0n) is 25.0. The third kappa shape index (κ3) is 12.4. The Morgan fingerprint density at radius 2 is 1.48 bits per heavy atom. The Bertz CT molecular complexity index is 1240. The normalized spacial score (nSPS) is 22.0. The van der Waals surface area contributed by atoms with Crippen LogP contribution in [0.15, 0.2) is 35.9 Å². The maximum absolute atomic E-state index is 11.6. The van der Waals surface area contributed by atoms with Gasteiger partial charge in [0.05, 0.1) is 5.75 Å². The molecule has 0 aromatic heterocycles. The summed E-state index contributed by atoms with van der Waals surface area (Å²) in [5, 5.41) is 18.2. The number of alkyl halides is 6. The van der Waals surface area contributed by atoms with E-state index >= 15 is 0 Å². The molecule has 2 saturated carbocycles. The molecule has 15 heteroatoms. The Balaban J connectivity index is 0.000000402. The summed E-state index contributed by atoms with van der Waals surface area (Å²) in [6, 6.07) is 12.0. The summed E-state index contributed by atoms with van der Waals surface area (Å²) in [4.78, 5) is 20.2. The van der Waals surface area contributed by atoms with Crippen LogP contribution in [-0.4, -0.2) is 91.5 Å². The van der Waals surface area contributed by atoms with Gasteiger partial charge in [0.1, 0.15) is 9.84 Å². The molecule has 3 N–H and O–H groups in total. The number of rotatable bonds is 9. The van der Waals surface area contributed by atoms with Crippen LogP contribution in [0.5, 0.6) is 0 Å². The molecule has 1 saturated heterocycles. The molecule has 3 aliphatic rings. The van der Waals surface area contributed by atoms with E-state index in [-0.39, 0.29) is 11.2 Å². The molecule has 1 aliphatic heterocycles. The third-order valence-electron chi connectivity index (χ3n) is 7.54. The van der Waals surface area contributed by atoms with Gasteiger partial charge in [0.2, 0.25) is 0 Å². The van der Waals surface area contributed by atoms with E-state index in [1.54, 1.807) is 5.57 Å². The minimum Gasteiger partial charge on any atom is -0.475 e. The van der Waals surface area contributed by atoms with Crippen LogP contribution in [0.3, 0.4) is 0 Å². The average Bonchev–Trinajstić information content (AvgIpc) is 3.57. The summed E-state index contributed by atoms with van der Waals surface area (Å²) in [5.74, 6) is -4.53. The van der Waals surface area contributed by atoms with Gasteiger partial charge in [-0.1, -0.05) is 62.8 Å². The zero-order valence-corrected chi connectivity index (χ0v) is 25.8. The van der Waals surface area contributed by atoms with Crippen molar-refractivity contribution in [2.24, 2.45) is 16.7 Å². The number of carbonyl (C=O) groups is 2. The number of hydrogen-bond acceptors (Lipinski definition) is 6. The molecule has 2 atom stereocenters. The number of benzene rings is 1. The fraction of sp³-hybridized carbons (Fsp3) is 0.655. The van der Waals surface area contributed by atoms with Crippen molar-refractivity contribution in [3.63, 3.8) is 0 Å².